The first-order chi connectivity index (χ1) is 17.4. The summed E-state index contributed by atoms with van der Waals surface area (Å²) in [6, 6.07) is 16.2. The molecule has 3 aromatic heterocycles. The molecule has 36 heavy (non-hydrogen) atoms. The van der Waals surface area contributed by atoms with Crippen LogP contribution in [0.4, 0.5) is 25.8 Å². The topological polar surface area (TPSA) is 115 Å². The largest absolute Gasteiger partial charge is 0.378 e. The molecule has 1 unspecified atom stereocenters. The van der Waals surface area contributed by atoms with Crippen LogP contribution in [0.2, 0.25) is 5.02 Å². The number of pyridine rings is 2. The molecule has 0 spiro atoms. The second kappa shape index (κ2) is 9.24. The molecule has 2 aromatic carbocycles. The van der Waals surface area contributed by atoms with Gasteiger partial charge in [0.1, 0.15) is 19.6 Å². The van der Waals surface area contributed by atoms with Gasteiger partial charge in [-0.3, -0.25) is 10.1 Å². The van der Waals surface area contributed by atoms with Gasteiger partial charge in [-0.2, -0.15) is 9.65 Å². The van der Waals surface area contributed by atoms with Crippen LogP contribution >= 0.6 is 11.6 Å². The van der Waals surface area contributed by atoms with Gasteiger partial charge in [0.15, 0.2) is 5.82 Å². The lowest BCUT2D eigenvalue weighted by atomic mass is 9.69. The van der Waals surface area contributed by atoms with Gasteiger partial charge in [0.05, 0.1) is 39.1 Å². The Morgan fingerprint density at radius 1 is 1.06 bits per heavy atom. The van der Waals surface area contributed by atoms with Gasteiger partial charge in [0.25, 0.3) is 0 Å². The maximum absolute atomic E-state index is 13.8. The lowest BCUT2D eigenvalue weighted by Gasteiger charge is -2.31. The number of hydrogen-bond donors (Lipinski definition) is 3. The van der Waals surface area contributed by atoms with Crippen LogP contribution in [0.15, 0.2) is 67.1 Å². The summed E-state index contributed by atoms with van der Waals surface area (Å²) < 4.78 is 27.1. The van der Waals surface area contributed by atoms with Gasteiger partial charge in [0.2, 0.25) is 5.95 Å². The quantitative estimate of drug-likeness (QED) is 0.236. The summed E-state index contributed by atoms with van der Waals surface area (Å²) >= 11 is 6.61. The summed E-state index contributed by atoms with van der Waals surface area (Å²) in [7, 11) is 1.95. The number of nitrogens with zero attached hydrogens (tertiary/aromatic N) is 5. The van der Waals surface area contributed by atoms with Crippen LogP contribution in [0.25, 0.3) is 10.9 Å². The van der Waals surface area contributed by atoms with Gasteiger partial charge in [0, 0.05) is 29.5 Å². The number of rotatable bonds is 6. The highest BCUT2D eigenvalue weighted by molar-refractivity contribution is 6.36. The Morgan fingerprint density at radius 2 is 1.86 bits per heavy atom. The molecule has 0 saturated heterocycles. The molecule has 0 aliphatic heterocycles. The van der Waals surface area contributed by atoms with Crippen LogP contribution in [-0.2, 0) is 5.44 Å². The standard InChI is InChI=1S/C24H16BClF2N8/c25-24(20-12-32-36-35-20,14-4-2-1-3-5-14)34-15-6-17-21(33-16-8-19(27)23(28)31-11-16)13(9-29)10-30-22(17)18(26)7-15/h1-8,10-12,34H,25H2,(H,30,33)(H,32,35,36). The van der Waals surface area contributed by atoms with Crippen LogP contribution < -0.4 is 10.6 Å². The fourth-order valence-electron chi connectivity index (χ4n) is 3.98. The van der Waals surface area contributed by atoms with Gasteiger partial charge < -0.3 is 10.6 Å². The predicted molar refractivity (Wildman–Crippen MR) is 135 cm³/mol. The maximum Gasteiger partial charge on any atom is 0.249 e. The molecule has 176 valence electrons. The van der Waals surface area contributed by atoms with Crippen molar-refractivity contribution in [2.45, 2.75) is 5.44 Å². The third-order valence-electron chi connectivity index (χ3n) is 5.79. The minimum atomic E-state index is -1.22. The minimum Gasteiger partial charge on any atom is -0.378 e. The third-order valence-corrected chi connectivity index (χ3v) is 6.07. The van der Waals surface area contributed by atoms with E-state index in [1.165, 1.54) is 6.20 Å². The summed E-state index contributed by atoms with van der Waals surface area (Å²) in [6.45, 7) is 0. The van der Waals surface area contributed by atoms with Crippen molar-refractivity contribution < 1.29 is 8.78 Å². The van der Waals surface area contributed by atoms with Crippen molar-refractivity contribution in [1.82, 2.24) is 25.4 Å². The summed E-state index contributed by atoms with van der Waals surface area (Å²) in [4.78, 5) is 7.73. The minimum absolute atomic E-state index is 0.157. The van der Waals surface area contributed by atoms with Gasteiger partial charge >= 0.3 is 0 Å². The van der Waals surface area contributed by atoms with Gasteiger partial charge in [-0.05, 0) is 17.7 Å². The molecule has 0 aliphatic rings. The number of hydrogen-bond acceptors (Lipinski definition) is 7. The third kappa shape index (κ3) is 4.19. The molecule has 0 radical (unpaired) electrons. The Bertz CT molecular complexity index is 1610. The Balaban J connectivity index is 1.65. The second-order valence-electron chi connectivity index (χ2n) is 8.11. The zero-order valence-electron chi connectivity index (χ0n) is 18.7. The van der Waals surface area contributed by atoms with Crippen molar-refractivity contribution in [1.29, 1.82) is 5.26 Å². The Kier molecular flexibility index (Phi) is 5.96. The van der Waals surface area contributed by atoms with Crippen LogP contribution in [0, 0.1) is 23.1 Å². The fourth-order valence-corrected chi connectivity index (χ4v) is 4.24. The van der Waals surface area contributed by atoms with E-state index in [-0.39, 0.29) is 11.3 Å². The van der Waals surface area contributed by atoms with E-state index in [4.69, 9.17) is 11.6 Å². The number of benzene rings is 2. The number of fused-ring (bicyclic) bond motifs is 1. The molecule has 0 saturated carbocycles. The van der Waals surface area contributed by atoms with Gasteiger partial charge in [-0.15, -0.1) is 5.10 Å². The average molecular weight is 501 g/mol. The molecule has 0 fully saturated rings. The fraction of sp³-hybridized carbons (Fsp3) is 0.0417. The van der Waals surface area contributed by atoms with E-state index in [2.05, 4.69) is 42.1 Å². The van der Waals surface area contributed by atoms with Crippen molar-refractivity contribution in [3.8, 4) is 6.07 Å². The SMILES string of the molecule is BC(Nc1cc(Cl)c2ncc(C#N)c(Nc3cnc(F)c(F)c3)c2c1)(c1ccccc1)c1c[nH]nn1. The lowest BCUT2D eigenvalue weighted by Crippen LogP contribution is -2.37. The molecule has 5 rings (SSSR count). The van der Waals surface area contributed by atoms with E-state index < -0.39 is 17.2 Å². The van der Waals surface area contributed by atoms with Gasteiger partial charge in [-0.25, -0.2) is 9.37 Å². The van der Waals surface area contributed by atoms with Crippen LogP contribution in [0.5, 0.6) is 0 Å². The predicted octanol–water partition coefficient (Wildman–Crippen LogP) is 4.24. The highest BCUT2D eigenvalue weighted by Gasteiger charge is 2.31. The number of nitriles is 1. The normalized spacial score (nSPS) is 12.6. The monoisotopic (exact) mass is 500 g/mol. The van der Waals surface area contributed by atoms with Crippen LogP contribution in [0.1, 0.15) is 16.8 Å². The van der Waals surface area contributed by atoms with Crippen molar-refractivity contribution in [3.63, 3.8) is 0 Å². The molecule has 5 aromatic rings. The molecule has 0 bridgehead atoms. The molecule has 8 nitrogen and oxygen atoms in total. The zero-order valence-corrected chi connectivity index (χ0v) is 19.5. The highest BCUT2D eigenvalue weighted by atomic mass is 35.5. The molecule has 12 heteroatoms. The van der Waals surface area contributed by atoms with E-state index in [0.717, 1.165) is 17.8 Å². The molecule has 3 heterocycles. The van der Waals surface area contributed by atoms with E-state index in [9.17, 15) is 14.0 Å². The number of aromatic nitrogens is 5. The van der Waals surface area contributed by atoms with Gasteiger partial charge in [-0.1, -0.05) is 47.1 Å². The Morgan fingerprint density at radius 3 is 2.56 bits per heavy atom. The number of H-pyrrole nitrogens is 1. The van der Waals surface area contributed by atoms with Crippen molar-refractivity contribution >= 4 is 47.4 Å². The van der Waals surface area contributed by atoms with Crippen LogP contribution in [0.3, 0.4) is 0 Å². The molecule has 1 atom stereocenters. The first-order valence-corrected chi connectivity index (χ1v) is 11.1. The molecular weight excluding hydrogens is 485 g/mol. The number of halogens is 3. The molecule has 3 N–H and O–H groups in total. The first kappa shape index (κ1) is 23.2. The first-order valence-electron chi connectivity index (χ1n) is 10.7. The lowest BCUT2D eigenvalue weighted by molar-refractivity contribution is 0.480. The molecule has 0 amide bonds. The molecular formula is C24H16BClF2N8. The summed E-state index contributed by atoms with van der Waals surface area (Å²) in [5, 5.41) is 27.8. The summed E-state index contributed by atoms with van der Waals surface area (Å²) in [5.41, 5.74) is 2.44. The smallest absolute Gasteiger partial charge is 0.249 e. The van der Waals surface area contributed by atoms with E-state index >= 15 is 0 Å². The van der Waals surface area contributed by atoms with Crippen molar-refractivity contribution in [2.24, 2.45) is 0 Å². The van der Waals surface area contributed by atoms with Crippen molar-refractivity contribution in [2.75, 3.05) is 10.6 Å². The number of aromatic amines is 1. The second-order valence-corrected chi connectivity index (χ2v) is 8.52. The number of anilines is 3. The van der Waals surface area contributed by atoms with Crippen LogP contribution in [-0.4, -0.2) is 33.2 Å². The summed E-state index contributed by atoms with van der Waals surface area (Å²) in [5.74, 6) is -2.34. The summed E-state index contributed by atoms with van der Waals surface area (Å²) in [6.07, 6.45) is 4.19. The van der Waals surface area contributed by atoms with E-state index in [1.807, 2.05) is 38.2 Å². The Hall–Kier alpha value is -4.56. The number of nitrogens with one attached hydrogen (secondary N) is 3. The average Bonchev–Trinajstić information content (AvgIpc) is 3.43. The highest BCUT2D eigenvalue weighted by Crippen LogP contribution is 2.37. The van der Waals surface area contributed by atoms with E-state index in [0.29, 0.717) is 33.0 Å². The maximum atomic E-state index is 13.8. The zero-order chi connectivity index (χ0) is 25.3. The van der Waals surface area contributed by atoms with E-state index in [1.54, 1.807) is 18.3 Å². The Labute approximate surface area is 209 Å². The molecule has 0 aliphatic carbocycles. The van der Waals surface area contributed by atoms with Crippen molar-refractivity contribution in [3.05, 3.63) is 101 Å².